The maximum atomic E-state index is 14.0. The summed E-state index contributed by atoms with van der Waals surface area (Å²) in [7, 11) is 4.56. The molecule has 1 aromatic heterocycles. The van der Waals surface area contributed by atoms with Crippen LogP contribution in [-0.4, -0.2) is 93.3 Å². The molecule has 3 heterocycles. The molecule has 236 valence electrons. The van der Waals surface area contributed by atoms with Crippen molar-refractivity contribution < 1.29 is 22.7 Å². The Kier molecular flexibility index (Phi) is 8.23. The van der Waals surface area contributed by atoms with Crippen LogP contribution in [0.15, 0.2) is 36.4 Å². The van der Waals surface area contributed by atoms with E-state index < -0.39 is 16.1 Å². The summed E-state index contributed by atoms with van der Waals surface area (Å²) in [5.41, 5.74) is 5.66. The number of hydrogen-bond donors (Lipinski definition) is 1. The number of nitrogens with zero attached hydrogens (tertiary/aromatic N) is 4. The van der Waals surface area contributed by atoms with Gasteiger partial charge in [0, 0.05) is 61.8 Å². The Morgan fingerprint density at radius 2 is 1.68 bits per heavy atom. The van der Waals surface area contributed by atoms with Crippen LogP contribution in [-0.2, 0) is 28.0 Å². The van der Waals surface area contributed by atoms with Crippen LogP contribution in [0.25, 0.3) is 22.2 Å². The zero-order chi connectivity index (χ0) is 31.3. The molecule has 2 amide bonds. The zero-order valence-electron chi connectivity index (χ0n) is 26.3. The average molecular weight is 622 g/mol. The first kappa shape index (κ1) is 30.6. The van der Waals surface area contributed by atoms with Gasteiger partial charge in [0.25, 0.3) is 5.91 Å². The van der Waals surface area contributed by atoms with Crippen molar-refractivity contribution in [3.05, 3.63) is 53.1 Å². The predicted molar refractivity (Wildman–Crippen MR) is 171 cm³/mol. The van der Waals surface area contributed by atoms with E-state index in [9.17, 15) is 18.0 Å². The topological polar surface area (TPSA) is 104 Å². The molecular formula is C33H43N5O5S. The lowest BCUT2D eigenvalue weighted by Crippen LogP contribution is -2.60. The second-order valence-electron chi connectivity index (χ2n) is 12.9. The number of benzene rings is 2. The van der Waals surface area contributed by atoms with Crippen molar-refractivity contribution in [1.82, 2.24) is 23.4 Å². The van der Waals surface area contributed by atoms with E-state index in [2.05, 4.69) is 26.3 Å². The zero-order valence-corrected chi connectivity index (χ0v) is 27.1. The molecule has 2 fully saturated rings. The van der Waals surface area contributed by atoms with Crippen LogP contribution in [0.4, 0.5) is 0 Å². The van der Waals surface area contributed by atoms with Crippen LogP contribution in [0.3, 0.4) is 0 Å². The molecule has 1 atom stereocenters. The van der Waals surface area contributed by atoms with Gasteiger partial charge in [-0.1, -0.05) is 25.3 Å². The summed E-state index contributed by atoms with van der Waals surface area (Å²) >= 11 is 0. The lowest BCUT2D eigenvalue weighted by Gasteiger charge is -2.44. The van der Waals surface area contributed by atoms with Crippen molar-refractivity contribution in [1.29, 1.82) is 0 Å². The largest absolute Gasteiger partial charge is 0.497 e. The van der Waals surface area contributed by atoms with Gasteiger partial charge >= 0.3 is 10.2 Å². The Morgan fingerprint density at radius 3 is 2.34 bits per heavy atom. The van der Waals surface area contributed by atoms with E-state index in [-0.39, 0.29) is 17.4 Å². The average Bonchev–Trinajstić information content (AvgIpc) is 3.18. The highest BCUT2D eigenvalue weighted by Gasteiger charge is 2.39. The van der Waals surface area contributed by atoms with Crippen molar-refractivity contribution in [3.63, 3.8) is 0 Å². The van der Waals surface area contributed by atoms with Gasteiger partial charge in [0.15, 0.2) is 0 Å². The van der Waals surface area contributed by atoms with Gasteiger partial charge in [0.2, 0.25) is 5.91 Å². The van der Waals surface area contributed by atoms with Crippen LogP contribution in [0.1, 0.15) is 59.5 Å². The molecule has 1 aliphatic carbocycles. The van der Waals surface area contributed by atoms with Crippen molar-refractivity contribution in [2.75, 3.05) is 48.4 Å². The molecule has 1 saturated heterocycles. The monoisotopic (exact) mass is 621 g/mol. The van der Waals surface area contributed by atoms with Crippen LogP contribution < -0.4 is 9.46 Å². The number of carbonyl (C=O) groups excluding carboxylic acids is 2. The lowest BCUT2D eigenvalue weighted by atomic mass is 9.81. The van der Waals surface area contributed by atoms with Gasteiger partial charge in [-0.25, -0.2) is 4.72 Å². The quantitative estimate of drug-likeness (QED) is 0.430. The maximum absolute atomic E-state index is 14.0. The molecule has 2 aromatic carbocycles. The number of hydrogen-bond acceptors (Lipinski definition) is 6. The van der Waals surface area contributed by atoms with E-state index >= 15 is 0 Å². The van der Waals surface area contributed by atoms with Crippen molar-refractivity contribution >= 4 is 32.9 Å². The fourth-order valence-corrected chi connectivity index (χ4v) is 7.64. The SMILES string of the molecule is COc1ccc2c(c1)CC(C(=O)N1CC(N(C)C)C1)Cn1c-2c(C2CCCCC2)c2ccc(C(=O)NS(=O)(=O)N(C)C)cc21. The van der Waals surface area contributed by atoms with Gasteiger partial charge in [-0.15, -0.1) is 0 Å². The molecule has 0 spiro atoms. The van der Waals surface area contributed by atoms with E-state index in [1.54, 1.807) is 19.2 Å². The molecule has 11 heteroatoms. The normalized spacial score (nSPS) is 19.4. The van der Waals surface area contributed by atoms with Crippen molar-refractivity contribution in [2.45, 2.75) is 57.0 Å². The number of aromatic nitrogens is 1. The second kappa shape index (κ2) is 11.8. The third-order valence-electron chi connectivity index (χ3n) is 9.77. The number of fused-ring (bicyclic) bond motifs is 5. The van der Waals surface area contributed by atoms with Gasteiger partial charge in [0.1, 0.15) is 5.75 Å². The van der Waals surface area contributed by atoms with Crippen molar-refractivity contribution in [2.24, 2.45) is 5.92 Å². The summed E-state index contributed by atoms with van der Waals surface area (Å²) in [5.74, 6) is 0.270. The number of nitrogens with one attached hydrogen (secondary N) is 1. The van der Waals surface area contributed by atoms with Gasteiger partial charge in [-0.05, 0) is 80.7 Å². The van der Waals surface area contributed by atoms with Gasteiger partial charge in [-0.3, -0.25) is 9.59 Å². The summed E-state index contributed by atoms with van der Waals surface area (Å²) < 4.78 is 35.9. The molecule has 0 radical (unpaired) electrons. The van der Waals surface area contributed by atoms with Gasteiger partial charge in [0.05, 0.1) is 18.7 Å². The summed E-state index contributed by atoms with van der Waals surface area (Å²) in [4.78, 5) is 31.4. The minimum atomic E-state index is -3.96. The highest BCUT2D eigenvalue weighted by atomic mass is 32.2. The van der Waals surface area contributed by atoms with E-state index in [0.717, 1.165) is 63.5 Å². The third-order valence-corrected chi connectivity index (χ3v) is 11.2. The number of likely N-dealkylation sites (tertiary alicyclic amines) is 1. The fourth-order valence-electron chi connectivity index (χ4n) is 7.10. The smallest absolute Gasteiger partial charge is 0.303 e. The molecule has 3 aromatic rings. The Morgan fingerprint density at radius 1 is 0.955 bits per heavy atom. The van der Waals surface area contributed by atoms with Crippen LogP contribution in [0.5, 0.6) is 5.75 Å². The Bertz CT molecular complexity index is 1700. The maximum Gasteiger partial charge on any atom is 0.303 e. The number of ether oxygens (including phenoxy) is 1. The number of likely N-dealkylation sites (N-methyl/N-ethyl adjacent to an activating group) is 1. The second-order valence-corrected chi connectivity index (χ2v) is 14.8. The number of rotatable bonds is 7. The number of carbonyl (C=O) groups is 2. The first-order valence-corrected chi connectivity index (χ1v) is 17.0. The Hall–Kier alpha value is -3.41. The molecule has 10 nitrogen and oxygen atoms in total. The molecule has 6 rings (SSSR count). The molecule has 1 unspecified atom stereocenters. The predicted octanol–water partition coefficient (Wildman–Crippen LogP) is 3.85. The van der Waals surface area contributed by atoms with E-state index in [1.807, 2.05) is 31.1 Å². The molecule has 2 aliphatic heterocycles. The minimum Gasteiger partial charge on any atom is -0.497 e. The first-order chi connectivity index (χ1) is 21.0. The highest BCUT2D eigenvalue weighted by molar-refractivity contribution is 7.87. The van der Waals surface area contributed by atoms with Crippen LogP contribution in [0.2, 0.25) is 0 Å². The lowest BCUT2D eigenvalue weighted by molar-refractivity contribution is -0.142. The molecular weight excluding hydrogens is 578 g/mol. The number of methoxy groups -OCH3 is 1. The number of amides is 2. The molecule has 1 saturated carbocycles. The first-order valence-electron chi connectivity index (χ1n) is 15.5. The highest BCUT2D eigenvalue weighted by Crippen LogP contribution is 2.47. The van der Waals surface area contributed by atoms with E-state index in [4.69, 9.17) is 4.74 Å². The molecule has 44 heavy (non-hydrogen) atoms. The van der Waals surface area contributed by atoms with E-state index in [0.29, 0.717) is 38.0 Å². The third kappa shape index (κ3) is 5.50. The Balaban J connectivity index is 1.51. The summed E-state index contributed by atoms with van der Waals surface area (Å²) in [6.07, 6.45) is 6.31. The molecule has 1 N–H and O–H groups in total. The summed E-state index contributed by atoms with van der Waals surface area (Å²) in [5, 5.41) is 1.06. The standard InChI is InChI=1S/C33H43N5O5S/c1-35(2)25-19-37(20-25)33(40)24-15-23-16-26(43-5)12-14-27(23)31-30(21-9-7-6-8-10-21)28-13-11-22(17-29(28)38(31)18-24)32(39)34-44(41,42)36(3)4/h11-14,16-17,21,24-25H,6-10,15,18-20H2,1-5H3,(H,34,39). The molecule has 3 aliphatic rings. The summed E-state index contributed by atoms with van der Waals surface area (Å²) in [6, 6.07) is 12.0. The van der Waals surface area contributed by atoms with Crippen LogP contribution in [0, 0.1) is 5.92 Å². The minimum absolute atomic E-state index is 0.136. The molecule has 0 bridgehead atoms. The van der Waals surface area contributed by atoms with Gasteiger partial charge < -0.3 is 19.1 Å². The Labute approximate surface area is 260 Å². The van der Waals surface area contributed by atoms with Gasteiger partial charge in [-0.2, -0.15) is 12.7 Å². The fraction of sp³-hybridized carbons (Fsp3) is 0.515. The summed E-state index contributed by atoms with van der Waals surface area (Å²) in [6.45, 7) is 1.90. The van der Waals surface area contributed by atoms with Crippen LogP contribution >= 0.6 is 0 Å². The van der Waals surface area contributed by atoms with E-state index in [1.165, 1.54) is 26.1 Å². The van der Waals surface area contributed by atoms with Crippen molar-refractivity contribution in [3.8, 4) is 17.0 Å².